The third-order valence-corrected chi connectivity index (χ3v) is 3.49. The standard InChI is InChI=1S/C19H32N2/c1-6-7-8-15-21(5)16-18-11-9-17(10-12-18)13-14-20-19(2,3)4/h6,9-12,20H,1,7-8,13-16H2,2-5H3. The fourth-order valence-corrected chi connectivity index (χ4v) is 2.29. The lowest BCUT2D eigenvalue weighted by atomic mass is 10.1. The van der Waals surface area contributed by atoms with E-state index in [1.165, 1.54) is 17.5 Å². The molecule has 0 radical (unpaired) electrons. The van der Waals surface area contributed by atoms with E-state index in [1.54, 1.807) is 0 Å². The molecule has 1 N–H and O–H groups in total. The van der Waals surface area contributed by atoms with Crippen LogP contribution in [0.15, 0.2) is 36.9 Å². The third-order valence-electron chi connectivity index (χ3n) is 3.49. The number of unbranched alkanes of at least 4 members (excludes halogenated alkanes) is 1. The van der Waals surface area contributed by atoms with E-state index in [4.69, 9.17) is 0 Å². The summed E-state index contributed by atoms with van der Waals surface area (Å²) in [6.45, 7) is 13.6. The van der Waals surface area contributed by atoms with E-state index >= 15 is 0 Å². The summed E-state index contributed by atoms with van der Waals surface area (Å²) in [5, 5.41) is 3.53. The average Bonchev–Trinajstić information content (AvgIpc) is 2.40. The first-order valence-corrected chi connectivity index (χ1v) is 8.03. The number of nitrogens with zero attached hydrogens (tertiary/aromatic N) is 1. The summed E-state index contributed by atoms with van der Waals surface area (Å²) >= 11 is 0. The van der Waals surface area contributed by atoms with Crippen molar-refractivity contribution in [2.24, 2.45) is 0 Å². The maximum absolute atomic E-state index is 3.77. The van der Waals surface area contributed by atoms with Gasteiger partial charge in [-0.1, -0.05) is 30.3 Å². The van der Waals surface area contributed by atoms with Gasteiger partial charge in [0.2, 0.25) is 0 Å². The number of hydrogen-bond donors (Lipinski definition) is 1. The highest BCUT2D eigenvalue weighted by Crippen LogP contribution is 2.08. The molecule has 0 bridgehead atoms. The second kappa shape index (κ2) is 9.01. The summed E-state index contributed by atoms with van der Waals surface area (Å²) in [6.07, 6.45) is 5.38. The quantitative estimate of drug-likeness (QED) is 0.545. The van der Waals surface area contributed by atoms with Crippen LogP contribution >= 0.6 is 0 Å². The van der Waals surface area contributed by atoms with Gasteiger partial charge < -0.3 is 10.2 Å². The maximum atomic E-state index is 3.77. The van der Waals surface area contributed by atoms with E-state index in [-0.39, 0.29) is 5.54 Å². The SMILES string of the molecule is C=CCCCN(C)Cc1ccc(CCNC(C)(C)C)cc1. The van der Waals surface area contributed by atoms with Gasteiger partial charge in [0.1, 0.15) is 0 Å². The zero-order valence-corrected chi connectivity index (χ0v) is 14.3. The second-order valence-electron chi connectivity index (χ2n) is 6.91. The third kappa shape index (κ3) is 8.69. The molecule has 0 aliphatic carbocycles. The number of allylic oxidation sites excluding steroid dienone is 1. The highest BCUT2D eigenvalue weighted by molar-refractivity contribution is 5.22. The summed E-state index contributed by atoms with van der Waals surface area (Å²) in [5.41, 5.74) is 3.00. The van der Waals surface area contributed by atoms with Gasteiger partial charge in [0.15, 0.2) is 0 Å². The maximum Gasteiger partial charge on any atom is 0.0230 e. The molecule has 21 heavy (non-hydrogen) atoms. The Hall–Kier alpha value is -1.12. The molecule has 1 aromatic rings. The number of nitrogens with one attached hydrogen (secondary N) is 1. The van der Waals surface area contributed by atoms with Crippen LogP contribution in [0, 0.1) is 0 Å². The van der Waals surface area contributed by atoms with Crippen molar-refractivity contribution < 1.29 is 0 Å². The molecule has 1 rings (SSSR count). The zero-order valence-electron chi connectivity index (χ0n) is 14.3. The fraction of sp³-hybridized carbons (Fsp3) is 0.579. The van der Waals surface area contributed by atoms with Crippen molar-refractivity contribution in [1.82, 2.24) is 10.2 Å². The van der Waals surface area contributed by atoms with E-state index in [2.05, 4.69) is 68.9 Å². The van der Waals surface area contributed by atoms with Gasteiger partial charge in [-0.25, -0.2) is 0 Å². The van der Waals surface area contributed by atoms with Gasteiger partial charge in [-0.05, 0) is 71.3 Å². The monoisotopic (exact) mass is 288 g/mol. The molecule has 118 valence electrons. The van der Waals surface area contributed by atoms with Gasteiger partial charge in [-0.3, -0.25) is 0 Å². The van der Waals surface area contributed by atoms with Crippen LogP contribution in [0.1, 0.15) is 44.7 Å². The Bertz CT molecular complexity index is 401. The summed E-state index contributed by atoms with van der Waals surface area (Å²) < 4.78 is 0. The summed E-state index contributed by atoms with van der Waals surface area (Å²) in [7, 11) is 2.18. The van der Waals surface area contributed by atoms with E-state index < -0.39 is 0 Å². The Morgan fingerprint density at radius 1 is 1.14 bits per heavy atom. The van der Waals surface area contributed by atoms with Crippen LogP contribution < -0.4 is 5.32 Å². The van der Waals surface area contributed by atoms with Gasteiger partial charge in [0.25, 0.3) is 0 Å². The van der Waals surface area contributed by atoms with Crippen LogP contribution in [0.5, 0.6) is 0 Å². The Balaban J connectivity index is 2.34. The van der Waals surface area contributed by atoms with Gasteiger partial charge in [0, 0.05) is 12.1 Å². The molecule has 0 aromatic heterocycles. The summed E-state index contributed by atoms with van der Waals surface area (Å²) in [5.74, 6) is 0. The lowest BCUT2D eigenvalue weighted by molar-refractivity contribution is 0.323. The largest absolute Gasteiger partial charge is 0.312 e. The average molecular weight is 288 g/mol. The van der Waals surface area contributed by atoms with Gasteiger partial charge in [0.05, 0.1) is 0 Å². The highest BCUT2D eigenvalue weighted by atomic mass is 15.1. The molecule has 1 aromatic carbocycles. The predicted octanol–water partition coefficient (Wildman–Crippen LogP) is 4.02. The van der Waals surface area contributed by atoms with Gasteiger partial charge >= 0.3 is 0 Å². The molecular formula is C19H32N2. The van der Waals surface area contributed by atoms with E-state index in [0.717, 1.165) is 32.5 Å². The van der Waals surface area contributed by atoms with Crippen molar-refractivity contribution in [3.05, 3.63) is 48.0 Å². The second-order valence-corrected chi connectivity index (χ2v) is 6.91. The molecular weight excluding hydrogens is 256 g/mol. The van der Waals surface area contributed by atoms with Crippen LogP contribution in [0.3, 0.4) is 0 Å². The first kappa shape index (κ1) is 17.9. The molecule has 0 fully saturated rings. The van der Waals surface area contributed by atoms with Crippen molar-refractivity contribution in [2.45, 2.75) is 52.1 Å². The minimum absolute atomic E-state index is 0.202. The molecule has 0 saturated heterocycles. The van der Waals surface area contributed by atoms with Crippen LogP contribution in [-0.2, 0) is 13.0 Å². The smallest absolute Gasteiger partial charge is 0.0230 e. The molecule has 0 aliphatic heterocycles. The zero-order chi connectivity index (χ0) is 15.7. The van der Waals surface area contributed by atoms with Gasteiger partial charge in [-0.15, -0.1) is 6.58 Å². The minimum atomic E-state index is 0.202. The molecule has 0 amide bonds. The van der Waals surface area contributed by atoms with Crippen molar-refractivity contribution >= 4 is 0 Å². The predicted molar refractivity (Wildman–Crippen MR) is 93.7 cm³/mol. The molecule has 0 unspecified atom stereocenters. The number of hydrogen-bond acceptors (Lipinski definition) is 2. The molecule has 2 heteroatoms. The Morgan fingerprint density at radius 2 is 1.76 bits per heavy atom. The molecule has 0 aliphatic rings. The van der Waals surface area contributed by atoms with Crippen LogP contribution in [0.4, 0.5) is 0 Å². The molecule has 0 atom stereocenters. The first-order valence-electron chi connectivity index (χ1n) is 8.03. The Morgan fingerprint density at radius 3 is 2.33 bits per heavy atom. The molecule has 0 heterocycles. The first-order chi connectivity index (χ1) is 9.90. The highest BCUT2D eigenvalue weighted by Gasteiger charge is 2.07. The number of benzene rings is 1. The van der Waals surface area contributed by atoms with Crippen LogP contribution in [0.25, 0.3) is 0 Å². The van der Waals surface area contributed by atoms with Crippen LogP contribution in [-0.4, -0.2) is 30.6 Å². The summed E-state index contributed by atoms with van der Waals surface area (Å²) in [4.78, 5) is 2.37. The topological polar surface area (TPSA) is 15.3 Å². The van der Waals surface area contributed by atoms with Crippen molar-refractivity contribution in [1.29, 1.82) is 0 Å². The van der Waals surface area contributed by atoms with E-state index in [0.29, 0.717) is 0 Å². The normalized spacial score (nSPS) is 11.9. The lowest BCUT2D eigenvalue weighted by Crippen LogP contribution is -2.37. The van der Waals surface area contributed by atoms with Crippen molar-refractivity contribution in [3.63, 3.8) is 0 Å². The summed E-state index contributed by atoms with van der Waals surface area (Å²) in [6, 6.07) is 9.04. The Labute approximate surface area is 131 Å². The molecule has 0 spiro atoms. The van der Waals surface area contributed by atoms with E-state index in [9.17, 15) is 0 Å². The minimum Gasteiger partial charge on any atom is -0.312 e. The van der Waals surface area contributed by atoms with Crippen molar-refractivity contribution in [2.75, 3.05) is 20.1 Å². The van der Waals surface area contributed by atoms with E-state index in [1.807, 2.05) is 6.08 Å². The van der Waals surface area contributed by atoms with Crippen molar-refractivity contribution in [3.8, 4) is 0 Å². The van der Waals surface area contributed by atoms with Crippen LogP contribution in [0.2, 0.25) is 0 Å². The fourth-order valence-electron chi connectivity index (χ4n) is 2.29. The lowest BCUT2D eigenvalue weighted by Gasteiger charge is -2.20. The Kier molecular flexibility index (Phi) is 7.69. The number of rotatable bonds is 9. The molecule has 0 saturated carbocycles. The van der Waals surface area contributed by atoms with Gasteiger partial charge in [-0.2, -0.15) is 0 Å². The molecule has 2 nitrogen and oxygen atoms in total.